The van der Waals surface area contributed by atoms with E-state index in [0.29, 0.717) is 24.1 Å². The molecule has 0 spiro atoms. The molecule has 1 aromatic carbocycles. The largest absolute Gasteiger partial charge is 0.398 e. The molecule has 3 heteroatoms. The molecular weight excluding hydrogens is 184 g/mol. The lowest BCUT2D eigenvalue weighted by molar-refractivity contribution is -0.0197. The van der Waals surface area contributed by atoms with E-state index in [1.54, 1.807) is 24.3 Å². The van der Waals surface area contributed by atoms with E-state index in [2.05, 4.69) is 0 Å². The van der Waals surface area contributed by atoms with Crippen molar-refractivity contribution in [3.8, 4) is 0 Å². The van der Waals surface area contributed by atoms with Crippen LogP contribution in [0.3, 0.4) is 0 Å². The molecule has 1 aromatic rings. The number of benzene rings is 1. The Bertz CT molecular complexity index is 351. The molecule has 0 heterocycles. The van der Waals surface area contributed by atoms with Crippen molar-refractivity contribution in [1.82, 2.24) is 0 Å². The first kappa shape index (κ1) is 9.44. The second-order valence-corrected chi connectivity index (χ2v) is 4.06. The van der Waals surface area contributed by atoms with Gasteiger partial charge in [-0.25, -0.2) is 8.78 Å². The Labute approximate surface area is 81.9 Å². The second kappa shape index (κ2) is 2.69. The Morgan fingerprint density at radius 3 is 2.29 bits per heavy atom. The highest BCUT2D eigenvalue weighted by Gasteiger charge is 2.60. The zero-order valence-corrected chi connectivity index (χ0v) is 8.06. The fourth-order valence-corrected chi connectivity index (χ4v) is 2.00. The van der Waals surface area contributed by atoms with Gasteiger partial charge in [0.1, 0.15) is 0 Å². The summed E-state index contributed by atoms with van der Waals surface area (Å²) in [5.41, 5.74) is 5.80. The van der Waals surface area contributed by atoms with Gasteiger partial charge in [0.05, 0.1) is 5.41 Å². The number of hydrogen-bond donors (Lipinski definition) is 1. The lowest BCUT2D eigenvalue weighted by Gasteiger charge is -2.24. The number of anilines is 1. The topological polar surface area (TPSA) is 26.0 Å². The molecule has 2 rings (SSSR count). The molecule has 1 aliphatic carbocycles. The van der Waals surface area contributed by atoms with E-state index in [9.17, 15) is 8.78 Å². The van der Waals surface area contributed by atoms with Crippen LogP contribution in [-0.2, 0) is 5.41 Å². The average molecular weight is 197 g/mol. The number of rotatable bonds is 2. The van der Waals surface area contributed by atoms with Gasteiger partial charge < -0.3 is 5.73 Å². The standard InChI is InChI=1S/C11H13F2N/c1-10(12,13)11(6-7-11)8-4-2-3-5-9(8)14/h2-5H,6-7,14H2,1H3. The summed E-state index contributed by atoms with van der Waals surface area (Å²) < 4.78 is 26.7. The van der Waals surface area contributed by atoms with Crippen molar-refractivity contribution in [2.45, 2.75) is 31.1 Å². The molecule has 0 bridgehead atoms. The van der Waals surface area contributed by atoms with E-state index in [-0.39, 0.29) is 0 Å². The van der Waals surface area contributed by atoms with E-state index < -0.39 is 11.3 Å². The van der Waals surface area contributed by atoms with Crippen LogP contribution in [0.15, 0.2) is 24.3 Å². The van der Waals surface area contributed by atoms with E-state index in [1.165, 1.54) is 0 Å². The fourth-order valence-electron chi connectivity index (χ4n) is 2.00. The highest BCUT2D eigenvalue weighted by molar-refractivity contribution is 5.54. The lowest BCUT2D eigenvalue weighted by atomic mass is 9.89. The molecule has 1 nitrogen and oxygen atoms in total. The van der Waals surface area contributed by atoms with Gasteiger partial charge in [-0.3, -0.25) is 0 Å². The number of alkyl halides is 2. The quantitative estimate of drug-likeness (QED) is 0.725. The van der Waals surface area contributed by atoms with Crippen LogP contribution >= 0.6 is 0 Å². The first-order valence-corrected chi connectivity index (χ1v) is 4.70. The van der Waals surface area contributed by atoms with Crippen molar-refractivity contribution >= 4 is 5.69 Å². The van der Waals surface area contributed by atoms with Gasteiger partial charge in [-0.05, 0) is 24.5 Å². The van der Waals surface area contributed by atoms with Gasteiger partial charge in [0.2, 0.25) is 0 Å². The number of nitrogen functional groups attached to an aromatic ring is 1. The van der Waals surface area contributed by atoms with E-state index in [0.717, 1.165) is 6.92 Å². The van der Waals surface area contributed by atoms with Crippen molar-refractivity contribution in [1.29, 1.82) is 0 Å². The minimum absolute atomic E-state index is 0.478. The predicted molar refractivity (Wildman–Crippen MR) is 52.4 cm³/mol. The van der Waals surface area contributed by atoms with Gasteiger partial charge in [-0.1, -0.05) is 18.2 Å². The van der Waals surface area contributed by atoms with Crippen LogP contribution in [0.2, 0.25) is 0 Å². The molecule has 0 saturated heterocycles. The minimum atomic E-state index is -2.68. The van der Waals surface area contributed by atoms with Crippen LogP contribution < -0.4 is 5.73 Å². The summed E-state index contributed by atoms with van der Waals surface area (Å²) in [6, 6.07) is 6.92. The van der Waals surface area contributed by atoms with Crippen molar-refractivity contribution < 1.29 is 8.78 Å². The van der Waals surface area contributed by atoms with Crippen molar-refractivity contribution in [3.05, 3.63) is 29.8 Å². The summed E-state index contributed by atoms with van der Waals surface area (Å²) >= 11 is 0. The molecule has 76 valence electrons. The highest BCUT2D eigenvalue weighted by atomic mass is 19.3. The fraction of sp³-hybridized carbons (Fsp3) is 0.455. The van der Waals surface area contributed by atoms with E-state index in [4.69, 9.17) is 5.73 Å². The normalized spacial score (nSPS) is 19.4. The summed E-state index contributed by atoms with van der Waals surface area (Å²) in [6.45, 7) is 0.979. The van der Waals surface area contributed by atoms with Gasteiger partial charge in [-0.2, -0.15) is 0 Å². The Morgan fingerprint density at radius 1 is 1.29 bits per heavy atom. The van der Waals surface area contributed by atoms with Gasteiger partial charge in [0.25, 0.3) is 5.92 Å². The zero-order chi connectivity index (χ0) is 10.4. The Kier molecular flexibility index (Phi) is 1.81. The summed E-state index contributed by atoms with van der Waals surface area (Å²) in [6.07, 6.45) is 1.06. The third-order valence-electron chi connectivity index (χ3n) is 3.07. The molecule has 0 radical (unpaired) electrons. The van der Waals surface area contributed by atoms with Crippen LogP contribution in [-0.4, -0.2) is 5.92 Å². The molecule has 1 fully saturated rings. The first-order valence-electron chi connectivity index (χ1n) is 4.70. The molecule has 0 aliphatic heterocycles. The maximum absolute atomic E-state index is 13.4. The van der Waals surface area contributed by atoms with Crippen molar-refractivity contribution in [2.24, 2.45) is 0 Å². The lowest BCUT2D eigenvalue weighted by Crippen LogP contribution is -2.30. The monoisotopic (exact) mass is 197 g/mol. The second-order valence-electron chi connectivity index (χ2n) is 4.06. The van der Waals surface area contributed by atoms with Crippen LogP contribution in [0.5, 0.6) is 0 Å². The van der Waals surface area contributed by atoms with Gasteiger partial charge in [0.15, 0.2) is 0 Å². The molecule has 0 aromatic heterocycles. The number of para-hydroxylation sites is 1. The molecule has 0 amide bonds. The molecule has 1 saturated carbocycles. The molecule has 2 N–H and O–H groups in total. The maximum Gasteiger partial charge on any atom is 0.254 e. The van der Waals surface area contributed by atoms with Crippen LogP contribution in [0.4, 0.5) is 14.5 Å². The van der Waals surface area contributed by atoms with Gasteiger partial charge >= 0.3 is 0 Å². The number of nitrogens with two attached hydrogens (primary N) is 1. The van der Waals surface area contributed by atoms with Crippen molar-refractivity contribution in [2.75, 3.05) is 5.73 Å². The molecular formula is C11H13F2N. The molecule has 14 heavy (non-hydrogen) atoms. The smallest absolute Gasteiger partial charge is 0.254 e. The summed E-state index contributed by atoms with van der Waals surface area (Å²) in [4.78, 5) is 0. The van der Waals surface area contributed by atoms with Gasteiger partial charge in [0, 0.05) is 12.6 Å². The van der Waals surface area contributed by atoms with Crippen molar-refractivity contribution in [3.63, 3.8) is 0 Å². The van der Waals surface area contributed by atoms with Crippen LogP contribution in [0.25, 0.3) is 0 Å². The third kappa shape index (κ3) is 1.19. The Morgan fingerprint density at radius 2 is 1.86 bits per heavy atom. The number of halogens is 2. The summed E-state index contributed by atoms with van der Waals surface area (Å²) in [5, 5.41) is 0. The SMILES string of the molecule is CC(F)(F)C1(c2ccccc2N)CC1. The van der Waals surface area contributed by atoms with Crippen LogP contribution in [0, 0.1) is 0 Å². The molecule has 0 unspecified atom stereocenters. The Hall–Kier alpha value is -1.12. The summed E-state index contributed by atoms with van der Waals surface area (Å²) in [5.74, 6) is -2.68. The highest BCUT2D eigenvalue weighted by Crippen LogP contribution is 2.59. The van der Waals surface area contributed by atoms with Crippen LogP contribution in [0.1, 0.15) is 25.3 Å². The summed E-state index contributed by atoms with van der Waals surface area (Å²) in [7, 11) is 0. The third-order valence-corrected chi connectivity index (χ3v) is 3.07. The maximum atomic E-state index is 13.4. The number of hydrogen-bond acceptors (Lipinski definition) is 1. The molecule has 1 aliphatic rings. The van der Waals surface area contributed by atoms with Gasteiger partial charge in [-0.15, -0.1) is 0 Å². The predicted octanol–water partition coefficient (Wildman–Crippen LogP) is 2.96. The molecule has 0 atom stereocenters. The average Bonchev–Trinajstić information content (AvgIpc) is 2.84. The zero-order valence-electron chi connectivity index (χ0n) is 8.06. The first-order chi connectivity index (χ1) is 6.47. The van der Waals surface area contributed by atoms with E-state index >= 15 is 0 Å². The van der Waals surface area contributed by atoms with E-state index in [1.807, 2.05) is 0 Å². The Balaban J connectivity index is 2.46. The minimum Gasteiger partial charge on any atom is -0.398 e.